The molecule has 24 heavy (non-hydrogen) atoms. The molecule has 1 saturated heterocycles. The lowest BCUT2D eigenvalue weighted by atomic mass is 10.1. The Bertz CT molecular complexity index is 782. The van der Waals surface area contributed by atoms with E-state index in [4.69, 9.17) is 4.74 Å². The molecular weight excluding hydrogens is 352 g/mol. The van der Waals surface area contributed by atoms with Gasteiger partial charge in [0, 0.05) is 33.3 Å². The van der Waals surface area contributed by atoms with E-state index in [2.05, 4.69) is 0 Å². The molecule has 2 rings (SSSR count). The lowest BCUT2D eigenvalue weighted by Crippen LogP contribution is -2.51. The molecule has 0 radical (unpaired) electrons. The van der Waals surface area contributed by atoms with E-state index >= 15 is 0 Å². The van der Waals surface area contributed by atoms with Gasteiger partial charge in [-0.1, -0.05) is 6.07 Å². The Balaban J connectivity index is 2.09. The molecule has 1 aromatic carbocycles. The van der Waals surface area contributed by atoms with Gasteiger partial charge in [-0.3, -0.25) is 0 Å². The number of methoxy groups -OCH3 is 1. The maximum atomic E-state index is 12.7. The molecule has 136 valence electrons. The van der Waals surface area contributed by atoms with Crippen LogP contribution in [0, 0.1) is 13.8 Å². The van der Waals surface area contributed by atoms with Crippen molar-refractivity contribution in [2.24, 2.45) is 0 Å². The Morgan fingerprint density at radius 1 is 0.958 bits per heavy atom. The normalized spacial score (nSPS) is 18.0. The second-order valence-electron chi connectivity index (χ2n) is 5.86. The summed E-state index contributed by atoms with van der Waals surface area (Å²) in [4.78, 5) is 0.251. The molecule has 0 aliphatic carbocycles. The monoisotopic (exact) mass is 376 g/mol. The van der Waals surface area contributed by atoms with Crippen LogP contribution in [0.15, 0.2) is 23.1 Å². The van der Waals surface area contributed by atoms with E-state index in [-0.39, 0.29) is 43.4 Å². The highest BCUT2D eigenvalue weighted by Gasteiger charge is 2.32. The van der Waals surface area contributed by atoms with Crippen LogP contribution in [0.1, 0.15) is 11.1 Å². The summed E-state index contributed by atoms with van der Waals surface area (Å²) in [5.74, 6) is -0.0899. The number of piperazine rings is 1. The van der Waals surface area contributed by atoms with Gasteiger partial charge >= 0.3 is 0 Å². The van der Waals surface area contributed by atoms with Gasteiger partial charge in [-0.2, -0.15) is 8.61 Å². The van der Waals surface area contributed by atoms with Gasteiger partial charge in [-0.05, 0) is 37.1 Å². The summed E-state index contributed by atoms with van der Waals surface area (Å²) in [6.07, 6.45) is 0. The molecule has 0 N–H and O–H groups in total. The average molecular weight is 377 g/mol. The van der Waals surface area contributed by atoms with Crippen molar-refractivity contribution >= 4 is 20.0 Å². The quantitative estimate of drug-likeness (QED) is 0.725. The summed E-state index contributed by atoms with van der Waals surface area (Å²) >= 11 is 0. The van der Waals surface area contributed by atoms with Crippen LogP contribution in [0.3, 0.4) is 0 Å². The van der Waals surface area contributed by atoms with E-state index < -0.39 is 20.0 Å². The second-order valence-corrected chi connectivity index (χ2v) is 9.88. The largest absolute Gasteiger partial charge is 0.384 e. The van der Waals surface area contributed by atoms with Crippen molar-refractivity contribution < 1.29 is 21.6 Å². The number of aryl methyl sites for hydroxylation is 2. The minimum Gasteiger partial charge on any atom is -0.384 e. The first-order valence-corrected chi connectivity index (χ1v) is 10.8. The van der Waals surface area contributed by atoms with Gasteiger partial charge in [0.1, 0.15) is 0 Å². The van der Waals surface area contributed by atoms with Crippen molar-refractivity contribution in [3.8, 4) is 0 Å². The fraction of sp³-hybridized carbons (Fsp3) is 0.600. The van der Waals surface area contributed by atoms with E-state index in [1.165, 1.54) is 15.7 Å². The smallest absolute Gasteiger partial charge is 0.243 e. The number of nitrogens with zero attached hydrogens (tertiary/aromatic N) is 2. The average Bonchev–Trinajstić information content (AvgIpc) is 2.55. The number of ether oxygens (including phenoxy) is 1. The molecule has 0 saturated carbocycles. The molecule has 0 spiro atoms. The lowest BCUT2D eigenvalue weighted by Gasteiger charge is -2.33. The number of hydrogen-bond acceptors (Lipinski definition) is 5. The van der Waals surface area contributed by atoms with E-state index in [9.17, 15) is 16.8 Å². The van der Waals surface area contributed by atoms with Crippen molar-refractivity contribution in [1.82, 2.24) is 8.61 Å². The zero-order valence-electron chi connectivity index (χ0n) is 14.2. The summed E-state index contributed by atoms with van der Waals surface area (Å²) in [6, 6.07) is 5.04. The molecular formula is C15H24N2O5S2. The Kier molecular flexibility index (Phi) is 6.03. The van der Waals surface area contributed by atoms with Crippen molar-refractivity contribution in [1.29, 1.82) is 0 Å². The Hall–Kier alpha value is -1.00. The maximum Gasteiger partial charge on any atom is 0.243 e. The molecule has 1 heterocycles. The standard InChI is InChI=1S/C15H24N2O5S2/c1-13-4-5-15(12-14(13)2)24(20,21)17-8-6-16(7-9-17)23(18,19)11-10-22-3/h4-5,12H,6-11H2,1-3H3. The van der Waals surface area contributed by atoms with Gasteiger partial charge in [0.2, 0.25) is 20.0 Å². The molecule has 1 aliphatic heterocycles. The zero-order chi connectivity index (χ0) is 18.0. The van der Waals surface area contributed by atoms with E-state index in [0.29, 0.717) is 0 Å². The van der Waals surface area contributed by atoms with Crippen LogP contribution in [0.2, 0.25) is 0 Å². The van der Waals surface area contributed by atoms with Gasteiger partial charge in [0.25, 0.3) is 0 Å². The fourth-order valence-electron chi connectivity index (χ4n) is 2.53. The van der Waals surface area contributed by atoms with Crippen LogP contribution in [-0.2, 0) is 24.8 Å². The Labute approximate surface area is 144 Å². The summed E-state index contributed by atoms with van der Waals surface area (Å²) < 4.78 is 57.2. The minimum atomic E-state index is -3.60. The van der Waals surface area contributed by atoms with Crippen LogP contribution in [0.5, 0.6) is 0 Å². The third-order valence-electron chi connectivity index (χ3n) is 4.25. The zero-order valence-corrected chi connectivity index (χ0v) is 15.9. The Morgan fingerprint density at radius 2 is 1.54 bits per heavy atom. The molecule has 9 heteroatoms. The van der Waals surface area contributed by atoms with Crippen molar-refractivity contribution in [3.05, 3.63) is 29.3 Å². The predicted octanol–water partition coefficient (Wildman–Crippen LogP) is 0.586. The molecule has 7 nitrogen and oxygen atoms in total. The topological polar surface area (TPSA) is 84.0 Å². The SMILES string of the molecule is COCCS(=O)(=O)N1CCN(S(=O)(=O)c2ccc(C)c(C)c2)CC1. The number of rotatable bonds is 6. The predicted molar refractivity (Wildman–Crippen MR) is 91.9 cm³/mol. The minimum absolute atomic E-state index is 0.0899. The number of sulfonamides is 2. The van der Waals surface area contributed by atoms with Crippen molar-refractivity contribution in [3.63, 3.8) is 0 Å². The van der Waals surface area contributed by atoms with Crippen LogP contribution >= 0.6 is 0 Å². The highest BCUT2D eigenvalue weighted by atomic mass is 32.2. The highest BCUT2D eigenvalue weighted by Crippen LogP contribution is 2.21. The summed E-state index contributed by atoms with van der Waals surface area (Å²) in [7, 11) is -5.56. The summed E-state index contributed by atoms with van der Waals surface area (Å²) in [5.41, 5.74) is 1.94. The second kappa shape index (κ2) is 7.49. The van der Waals surface area contributed by atoms with E-state index in [1.54, 1.807) is 18.2 Å². The van der Waals surface area contributed by atoms with Crippen LogP contribution in [-0.4, -0.2) is 71.1 Å². The van der Waals surface area contributed by atoms with Crippen LogP contribution in [0.4, 0.5) is 0 Å². The van der Waals surface area contributed by atoms with E-state index in [0.717, 1.165) is 11.1 Å². The molecule has 0 aromatic heterocycles. The summed E-state index contributed by atoms with van der Waals surface area (Å²) in [6.45, 7) is 4.56. The Morgan fingerprint density at radius 3 is 2.08 bits per heavy atom. The van der Waals surface area contributed by atoms with Crippen LogP contribution < -0.4 is 0 Å². The number of hydrogen-bond donors (Lipinski definition) is 0. The molecule has 0 atom stereocenters. The first-order valence-electron chi connectivity index (χ1n) is 7.72. The van der Waals surface area contributed by atoms with Crippen LogP contribution in [0.25, 0.3) is 0 Å². The molecule has 0 amide bonds. The molecule has 1 aliphatic rings. The highest BCUT2D eigenvalue weighted by molar-refractivity contribution is 7.89. The third kappa shape index (κ3) is 4.15. The third-order valence-corrected chi connectivity index (χ3v) is 7.98. The van der Waals surface area contributed by atoms with Gasteiger partial charge in [-0.15, -0.1) is 0 Å². The van der Waals surface area contributed by atoms with Crippen molar-refractivity contribution in [2.45, 2.75) is 18.7 Å². The van der Waals surface area contributed by atoms with Crippen molar-refractivity contribution in [2.75, 3.05) is 45.6 Å². The first-order chi connectivity index (χ1) is 11.2. The fourth-order valence-corrected chi connectivity index (χ4v) is 5.39. The molecule has 0 unspecified atom stereocenters. The maximum absolute atomic E-state index is 12.7. The summed E-state index contributed by atoms with van der Waals surface area (Å²) in [5, 5.41) is 0. The first kappa shape index (κ1) is 19.3. The van der Waals surface area contributed by atoms with Gasteiger partial charge in [-0.25, -0.2) is 16.8 Å². The lowest BCUT2D eigenvalue weighted by molar-refractivity contribution is 0.213. The van der Waals surface area contributed by atoms with Gasteiger partial charge in [0.15, 0.2) is 0 Å². The van der Waals surface area contributed by atoms with Gasteiger partial charge < -0.3 is 4.74 Å². The van der Waals surface area contributed by atoms with E-state index in [1.807, 2.05) is 13.8 Å². The molecule has 0 bridgehead atoms. The number of benzene rings is 1. The molecule has 1 aromatic rings. The van der Waals surface area contributed by atoms with Gasteiger partial charge in [0.05, 0.1) is 17.3 Å². The molecule has 1 fully saturated rings.